The summed E-state index contributed by atoms with van der Waals surface area (Å²) in [5, 5.41) is 13.7. The lowest BCUT2D eigenvalue weighted by Gasteiger charge is -2.16. The van der Waals surface area contributed by atoms with E-state index < -0.39 is 23.9 Å². The molecule has 5 nitrogen and oxygen atoms in total. The van der Waals surface area contributed by atoms with Gasteiger partial charge in [-0.3, -0.25) is 0 Å². The molecule has 0 unspecified atom stereocenters. The summed E-state index contributed by atoms with van der Waals surface area (Å²) in [5.41, 5.74) is 0.630. The predicted molar refractivity (Wildman–Crippen MR) is 74.2 cm³/mol. The zero-order chi connectivity index (χ0) is 15.1. The van der Waals surface area contributed by atoms with Crippen molar-refractivity contribution in [3.8, 4) is 0 Å². The quantitative estimate of drug-likeness (QED) is 0.750. The molecule has 0 aromatic heterocycles. The highest BCUT2D eigenvalue weighted by Crippen LogP contribution is 2.18. The highest BCUT2D eigenvalue weighted by molar-refractivity contribution is 5.92. The number of benzene rings is 1. The van der Waals surface area contributed by atoms with E-state index in [2.05, 4.69) is 10.6 Å². The normalized spacial score (nSPS) is 11.8. The molecular weight excluding hydrogens is 263 g/mol. The second kappa shape index (κ2) is 7.47. The van der Waals surface area contributed by atoms with Gasteiger partial charge in [-0.05, 0) is 25.0 Å². The van der Waals surface area contributed by atoms with E-state index in [0.717, 1.165) is 6.42 Å². The minimum Gasteiger partial charge on any atom is -0.480 e. The number of para-hydroxylation sites is 1. The van der Waals surface area contributed by atoms with Crippen LogP contribution in [0.1, 0.15) is 31.7 Å². The van der Waals surface area contributed by atoms with Gasteiger partial charge >= 0.3 is 12.0 Å². The lowest BCUT2D eigenvalue weighted by Crippen LogP contribution is -2.43. The molecule has 0 bridgehead atoms. The van der Waals surface area contributed by atoms with Crippen molar-refractivity contribution in [1.82, 2.24) is 5.32 Å². The van der Waals surface area contributed by atoms with Crippen molar-refractivity contribution < 1.29 is 19.1 Å². The van der Waals surface area contributed by atoms with E-state index in [-0.39, 0.29) is 5.69 Å². The van der Waals surface area contributed by atoms with Crippen LogP contribution in [-0.2, 0) is 4.79 Å². The first-order chi connectivity index (χ1) is 9.45. The smallest absolute Gasteiger partial charge is 0.326 e. The standard InChI is InChI=1S/C14H19FN2O3/c1-3-4-8-11(13(18)19)16-14(20)17-12-9(2)6-5-7-10(12)15/h5-7,11H,3-4,8H2,1-2H3,(H,18,19)(H2,16,17,20)/t11-/m0/s1. The summed E-state index contributed by atoms with van der Waals surface area (Å²) in [6.07, 6.45) is 1.87. The minimum absolute atomic E-state index is 0.0598. The number of hydrogen-bond donors (Lipinski definition) is 3. The zero-order valence-electron chi connectivity index (χ0n) is 11.6. The molecule has 0 fully saturated rings. The van der Waals surface area contributed by atoms with Crippen LogP contribution in [-0.4, -0.2) is 23.1 Å². The van der Waals surface area contributed by atoms with Gasteiger partial charge in [0.2, 0.25) is 0 Å². The van der Waals surface area contributed by atoms with Gasteiger partial charge in [0.15, 0.2) is 0 Å². The SMILES string of the molecule is CCCC[C@H](NC(=O)Nc1c(C)cccc1F)C(=O)O. The first-order valence-corrected chi connectivity index (χ1v) is 6.51. The Hall–Kier alpha value is -2.11. The van der Waals surface area contributed by atoms with Crippen molar-refractivity contribution in [2.75, 3.05) is 5.32 Å². The zero-order valence-corrected chi connectivity index (χ0v) is 11.6. The molecule has 1 atom stereocenters. The Labute approximate surface area is 117 Å². The Balaban J connectivity index is 2.68. The summed E-state index contributed by atoms with van der Waals surface area (Å²) in [7, 11) is 0. The van der Waals surface area contributed by atoms with E-state index in [4.69, 9.17) is 5.11 Å². The Morgan fingerprint density at radius 3 is 2.65 bits per heavy atom. The van der Waals surface area contributed by atoms with E-state index >= 15 is 0 Å². The summed E-state index contributed by atoms with van der Waals surface area (Å²) in [6, 6.07) is 2.73. The summed E-state index contributed by atoms with van der Waals surface area (Å²) in [6.45, 7) is 3.59. The molecule has 0 saturated carbocycles. The van der Waals surface area contributed by atoms with Crippen LogP contribution < -0.4 is 10.6 Å². The third kappa shape index (κ3) is 4.53. The van der Waals surface area contributed by atoms with Crippen molar-refractivity contribution in [3.63, 3.8) is 0 Å². The molecule has 2 amide bonds. The van der Waals surface area contributed by atoms with Crippen LogP contribution in [0.2, 0.25) is 0 Å². The maximum atomic E-state index is 13.6. The van der Waals surface area contributed by atoms with Crippen LogP contribution in [0.3, 0.4) is 0 Å². The number of amides is 2. The number of urea groups is 1. The maximum absolute atomic E-state index is 13.6. The average molecular weight is 282 g/mol. The number of halogens is 1. The van der Waals surface area contributed by atoms with E-state index in [0.29, 0.717) is 18.4 Å². The molecule has 0 radical (unpaired) electrons. The van der Waals surface area contributed by atoms with Crippen molar-refractivity contribution in [2.45, 2.75) is 39.2 Å². The molecule has 0 saturated heterocycles. The van der Waals surface area contributed by atoms with Gasteiger partial charge in [0.25, 0.3) is 0 Å². The van der Waals surface area contributed by atoms with Crippen LogP contribution in [0, 0.1) is 12.7 Å². The van der Waals surface area contributed by atoms with Gasteiger partial charge in [-0.1, -0.05) is 31.9 Å². The lowest BCUT2D eigenvalue weighted by molar-refractivity contribution is -0.139. The Morgan fingerprint density at radius 2 is 2.10 bits per heavy atom. The second-order valence-corrected chi connectivity index (χ2v) is 4.56. The van der Waals surface area contributed by atoms with E-state index in [1.54, 1.807) is 13.0 Å². The third-order valence-electron chi connectivity index (χ3n) is 2.91. The van der Waals surface area contributed by atoms with E-state index in [1.165, 1.54) is 12.1 Å². The molecular formula is C14H19FN2O3. The van der Waals surface area contributed by atoms with Crippen LogP contribution >= 0.6 is 0 Å². The molecule has 1 rings (SSSR count). The number of carbonyl (C=O) groups excluding carboxylic acids is 1. The first kappa shape index (κ1) is 15.9. The fraction of sp³-hybridized carbons (Fsp3) is 0.429. The van der Waals surface area contributed by atoms with Gasteiger partial charge in [0.1, 0.15) is 11.9 Å². The van der Waals surface area contributed by atoms with E-state index in [9.17, 15) is 14.0 Å². The van der Waals surface area contributed by atoms with E-state index in [1.807, 2.05) is 6.92 Å². The summed E-state index contributed by atoms with van der Waals surface area (Å²) in [4.78, 5) is 22.8. The minimum atomic E-state index is -1.10. The van der Waals surface area contributed by atoms with Gasteiger partial charge in [-0.15, -0.1) is 0 Å². The van der Waals surface area contributed by atoms with Gasteiger partial charge in [-0.2, -0.15) is 0 Å². The number of aliphatic carboxylic acids is 1. The fourth-order valence-corrected chi connectivity index (χ4v) is 1.76. The van der Waals surface area contributed by atoms with Crippen LogP contribution in [0.4, 0.5) is 14.9 Å². The number of rotatable bonds is 6. The molecule has 0 heterocycles. The number of carbonyl (C=O) groups is 2. The summed E-state index contributed by atoms with van der Waals surface area (Å²) in [5.74, 6) is -1.65. The first-order valence-electron chi connectivity index (χ1n) is 6.51. The number of aryl methyl sites for hydroxylation is 1. The molecule has 6 heteroatoms. The van der Waals surface area contributed by atoms with Gasteiger partial charge in [0.05, 0.1) is 5.69 Å². The van der Waals surface area contributed by atoms with Crippen molar-refractivity contribution in [1.29, 1.82) is 0 Å². The molecule has 0 aliphatic heterocycles. The Kier molecular flexibility index (Phi) is 5.96. The molecule has 110 valence electrons. The number of unbranched alkanes of at least 4 members (excludes halogenated alkanes) is 1. The largest absolute Gasteiger partial charge is 0.480 e. The molecule has 1 aromatic rings. The Morgan fingerprint density at radius 1 is 1.40 bits per heavy atom. The summed E-state index contributed by atoms with van der Waals surface area (Å²) < 4.78 is 13.6. The van der Waals surface area contributed by atoms with Crippen LogP contribution in [0.15, 0.2) is 18.2 Å². The van der Waals surface area contributed by atoms with Gasteiger partial charge in [0, 0.05) is 0 Å². The van der Waals surface area contributed by atoms with Crippen molar-refractivity contribution >= 4 is 17.7 Å². The van der Waals surface area contributed by atoms with Gasteiger partial charge in [-0.25, -0.2) is 14.0 Å². The topological polar surface area (TPSA) is 78.4 Å². The molecule has 0 spiro atoms. The van der Waals surface area contributed by atoms with Crippen molar-refractivity contribution in [2.24, 2.45) is 0 Å². The highest BCUT2D eigenvalue weighted by atomic mass is 19.1. The third-order valence-corrected chi connectivity index (χ3v) is 2.91. The van der Waals surface area contributed by atoms with Crippen LogP contribution in [0.5, 0.6) is 0 Å². The number of anilines is 1. The average Bonchev–Trinajstić information content (AvgIpc) is 2.38. The lowest BCUT2D eigenvalue weighted by atomic mass is 10.1. The molecule has 3 N–H and O–H groups in total. The number of carboxylic acids is 1. The number of hydrogen-bond acceptors (Lipinski definition) is 2. The molecule has 0 aliphatic rings. The predicted octanol–water partition coefficient (Wildman–Crippen LogP) is 2.90. The number of nitrogens with one attached hydrogen (secondary N) is 2. The van der Waals surface area contributed by atoms with Crippen LogP contribution in [0.25, 0.3) is 0 Å². The highest BCUT2D eigenvalue weighted by Gasteiger charge is 2.20. The maximum Gasteiger partial charge on any atom is 0.326 e. The summed E-state index contributed by atoms with van der Waals surface area (Å²) >= 11 is 0. The molecule has 1 aromatic carbocycles. The Bertz CT molecular complexity index is 471. The monoisotopic (exact) mass is 282 g/mol. The number of carboxylic acid groups (broad SMARTS) is 1. The second-order valence-electron chi connectivity index (χ2n) is 4.56. The molecule has 0 aliphatic carbocycles. The molecule has 20 heavy (non-hydrogen) atoms. The van der Waals surface area contributed by atoms with Crippen molar-refractivity contribution in [3.05, 3.63) is 29.6 Å². The fourth-order valence-electron chi connectivity index (χ4n) is 1.76. The van der Waals surface area contributed by atoms with Gasteiger partial charge < -0.3 is 15.7 Å².